The Kier molecular flexibility index (Phi) is 7.86. The van der Waals surface area contributed by atoms with Crippen LogP contribution in [0.1, 0.15) is 34.3 Å². The zero-order valence-electron chi connectivity index (χ0n) is 23.5. The predicted molar refractivity (Wildman–Crippen MR) is 158 cm³/mol. The van der Waals surface area contributed by atoms with Crippen molar-refractivity contribution in [2.45, 2.75) is 32.0 Å². The second kappa shape index (κ2) is 11.4. The van der Waals surface area contributed by atoms with Gasteiger partial charge in [-0.15, -0.1) is 0 Å². The second-order valence-corrected chi connectivity index (χ2v) is 10.6. The molecular weight excluding hydrogens is 529 g/mol. The highest BCUT2D eigenvalue weighted by molar-refractivity contribution is 6.07. The van der Waals surface area contributed by atoms with Gasteiger partial charge in [-0.05, 0) is 99.1 Å². The summed E-state index contributed by atoms with van der Waals surface area (Å²) in [5.74, 6) is 0.0434. The lowest BCUT2D eigenvalue weighted by molar-refractivity contribution is -0.137. The third kappa shape index (κ3) is 6.12. The summed E-state index contributed by atoms with van der Waals surface area (Å²) in [5, 5.41) is 6.56. The van der Waals surface area contributed by atoms with Crippen LogP contribution in [0.5, 0.6) is 0 Å². The summed E-state index contributed by atoms with van der Waals surface area (Å²) in [4.78, 5) is 26.5. The van der Waals surface area contributed by atoms with E-state index in [2.05, 4.69) is 32.5 Å². The molecule has 1 aliphatic rings. The van der Waals surface area contributed by atoms with Crippen molar-refractivity contribution in [3.8, 4) is 11.1 Å². The molecule has 2 heterocycles. The van der Waals surface area contributed by atoms with Crippen molar-refractivity contribution >= 4 is 34.1 Å². The monoisotopic (exact) mass is 562 g/mol. The summed E-state index contributed by atoms with van der Waals surface area (Å²) in [6.45, 7) is 3.76. The Hall–Kier alpha value is -4.18. The number of benzene rings is 3. The number of hydrogen-bond donors (Lipinski definition) is 2. The van der Waals surface area contributed by atoms with Crippen LogP contribution in [-0.2, 0) is 6.18 Å². The van der Waals surface area contributed by atoms with Crippen LogP contribution in [0.3, 0.4) is 0 Å². The highest BCUT2D eigenvalue weighted by Gasteiger charge is 2.32. The number of halogens is 3. The smallest absolute Gasteiger partial charge is 0.370 e. The van der Waals surface area contributed by atoms with E-state index < -0.39 is 17.6 Å². The number of amides is 1. The molecule has 214 valence electrons. The minimum absolute atomic E-state index is 0.136. The second-order valence-electron chi connectivity index (χ2n) is 10.6. The van der Waals surface area contributed by atoms with Gasteiger partial charge in [0.2, 0.25) is 5.95 Å². The highest BCUT2D eigenvalue weighted by Crippen LogP contribution is 2.37. The van der Waals surface area contributed by atoms with Crippen molar-refractivity contribution in [3.05, 3.63) is 77.5 Å². The molecule has 5 rings (SSSR count). The molecule has 0 atom stereocenters. The Morgan fingerprint density at radius 3 is 2.51 bits per heavy atom. The van der Waals surface area contributed by atoms with E-state index in [4.69, 9.17) is 0 Å². The first-order chi connectivity index (χ1) is 19.5. The largest absolute Gasteiger partial charge is 0.416 e. The van der Waals surface area contributed by atoms with Gasteiger partial charge >= 0.3 is 6.18 Å². The minimum atomic E-state index is -4.53. The van der Waals surface area contributed by atoms with Gasteiger partial charge < -0.3 is 20.4 Å². The number of rotatable bonds is 6. The maximum atomic E-state index is 13.7. The zero-order valence-corrected chi connectivity index (χ0v) is 23.5. The molecule has 7 nitrogen and oxygen atoms in total. The highest BCUT2D eigenvalue weighted by atomic mass is 19.4. The first-order valence-corrected chi connectivity index (χ1v) is 13.5. The maximum Gasteiger partial charge on any atom is 0.416 e. The Labute approximate surface area is 237 Å². The molecule has 1 aromatic heterocycles. The average Bonchev–Trinajstić information content (AvgIpc) is 2.96. The van der Waals surface area contributed by atoms with Gasteiger partial charge in [0.25, 0.3) is 5.91 Å². The van der Waals surface area contributed by atoms with Crippen molar-refractivity contribution < 1.29 is 18.0 Å². The Balaban J connectivity index is 1.46. The lowest BCUT2D eigenvalue weighted by Gasteiger charge is -2.37. The van der Waals surface area contributed by atoms with E-state index >= 15 is 0 Å². The van der Waals surface area contributed by atoms with E-state index in [0.717, 1.165) is 65.7 Å². The SMILES string of the molecule is CNc1ncc2cc(-c3cc(C(=O)Nc4cc(C(F)(F)F)ccc4N(C)C4CCN(C)CC4)ccc3C)ccc2n1. The van der Waals surface area contributed by atoms with E-state index in [1.807, 2.05) is 43.1 Å². The van der Waals surface area contributed by atoms with Gasteiger partial charge in [0.15, 0.2) is 0 Å². The third-order valence-corrected chi connectivity index (χ3v) is 7.80. The number of aromatic nitrogens is 2. The minimum Gasteiger partial charge on any atom is -0.370 e. The standard InChI is InChI=1S/C31H33F3N6O/c1-19-5-6-21(16-25(19)20-7-9-26-22(15-20)18-36-30(35-2)38-26)29(41)37-27-17-23(31(32,33)34)8-10-28(27)40(4)24-11-13-39(3)14-12-24/h5-10,15-18,24H,11-14H2,1-4H3,(H,37,41)(H,35,36,38). The van der Waals surface area contributed by atoms with Gasteiger partial charge in [0, 0.05) is 37.3 Å². The number of nitrogens with one attached hydrogen (secondary N) is 2. The fourth-order valence-electron chi connectivity index (χ4n) is 5.29. The van der Waals surface area contributed by atoms with E-state index in [0.29, 0.717) is 17.2 Å². The summed E-state index contributed by atoms with van der Waals surface area (Å²) >= 11 is 0. The molecule has 0 bridgehead atoms. The fraction of sp³-hybridized carbons (Fsp3) is 0.323. The molecule has 0 unspecified atom stereocenters. The first-order valence-electron chi connectivity index (χ1n) is 13.5. The van der Waals surface area contributed by atoms with Gasteiger partial charge in [-0.25, -0.2) is 9.97 Å². The molecule has 1 fully saturated rings. The number of fused-ring (bicyclic) bond motifs is 1. The third-order valence-electron chi connectivity index (χ3n) is 7.80. The topological polar surface area (TPSA) is 73.4 Å². The molecule has 41 heavy (non-hydrogen) atoms. The molecule has 1 amide bonds. The molecule has 1 saturated heterocycles. The number of alkyl halides is 3. The summed E-state index contributed by atoms with van der Waals surface area (Å²) in [6, 6.07) is 14.8. The van der Waals surface area contributed by atoms with E-state index in [1.165, 1.54) is 6.07 Å². The van der Waals surface area contributed by atoms with Gasteiger partial charge in [-0.2, -0.15) is 13.2 Å². The predicted octanol–water partition coefficient (Wildman–Crippen LogP) is 6.45. The van der Waals surface area contributed by atoms with E-state index in [-0.39, 0.29) is 11.7 Å². The van der Waals surface area contributed by atoms with E-state index in [1.54, 1.807) is 25.4 Å². The normalized spacial score (nSPS) is 14.7. The number of anilines is 3. The van der Waals surface area contributed by atoms with Crippen LogP contribution < -0.4 is 15.5 Å². The number of piperidine rings is 1. The Morgan fingerprint density at radius 2 is 1.80 bits per heavy atom. The molecule has 0 radical (unpaired) electrons. The van der Waals surface area contributed by atoms with Crippen LogP contribution in [0.25, 0.3) is 22.0 Å². The molecule has 0 aliphatic carbocycles. The summed E-state index contributed by atoms with van der Waals surface area (Å²) in [6.07, 6.45) is -1.03. The number of nitrogens with zero attached hydrogens (tertiary/aromatic N) is 4. The van der Waals surface area contributed by atoms with Gasteiger partial charge in [0.1, 0.15) is 0 Å². The lowest BCUT2D eigenvalue weighted by atomic mass is 9.96. The van der Waals surface area contributed by atoms with Crippen molar-refractivity contribution in [2.75, 3.05) is 49.8 Å². The van der Waals surface area contributed by atoms with Crippen LogP contribution in [0.4, 0.5) is 30.5 Å². The molecule has 0 spiro atoms. The van der Waals surface area contributed by atoms with Crippen LogP contribution in [0, 0.1) is 6.92 Å². The van der Waals surface area contributed by atoms with Gasteiger partial charge in [-0.1, -0.05) is 12.1 Å². The summed E-state index contributed by atoms with van der Waals surface area (Å²) < 4.78 is 41.0. The number of carbonyl (C=O) groups is 1. The van der Waals surface area contributed by atoms with Crippen molar-refractivity contribution in [2.24, 2.45) is 0 Å². The van der Waals surface area contributed by atoms with Crippen molar-refractivity contribution in [1.29, 1.82) is 0 Å². The zero-order chi connectivity index (χ0) is 29.3. The summed E-state index contributed by atoms with van der Waals surface area (Å²) in [7, 11) is 5.69. The van der Waals surface area contributed by atoms with Crippen LogP contribution >= 0.6 is 0 Å². The summed E-state index contributed by atoms with van der Waals surface area (Å²) in [5.41, 5.74) is 3.69. The molecule has 1 aliphatic heterocycles. The molecular formula is C31H33F3N6O. The average molecular weight is 563 g/mol. The van der Waals surface area contributed by atoms with Crippen molar-refractivity contribution in [3.63, 3.8) is 0 Å². The van der Waals surface area contributed by atoms with Crippen LogP contribution in [0.15, 0.2) is 60.8 Å². The number of aryl methyl sites for hydroxylation is 1. The quantitative estimate of drug-likeness (QED) is 0.282. The van der Waals surface area contributed by atoms with Crippen molar-refractivity contribution in [1.82, 2.24) is 14.9 Å². The van der Waals surface area contributed by atoms with Crippen LogP contribution in [0.2, 0.25) is 0 Å². The Bertz CT molecular complexity index is 1580. The molecule has 2 N–H and O–H groups in total. The fourth-order valence-corrected chi connectivity index (χ4v) is 5.29. The number of carbonyl (C=O) groups excluding carboxylic acids is 1. The number of likely N-dealkylation sites (tertiary alicyclic amines) is 1. The Morgan fingerprint density at radius 1 is 1.05 bits per heavy atom. The van der Waals surface area contributed by atoms with E-state index in [9.17, 15) is 18.0 Å². The lowest BCUT2D eigenvalue weighted by Crippen LogP contribution is -2.42. The number of hydrogen-bond acceptors (Lipinski definition) is 6. The molecule has 0 saturated carbocycles. The first kappa shape index (κ1) is 28.4. The van der Waals surface area contributed by atoms with Gasteiger partial charge in [0.05, 0.1) is 22.5 Å². The molecule has 10 heteroatoms. The van der Waals surface area contributed by atoms with Gasteiger partial charge in [-0.3, -0.25) is 4.79 Å². The van der Waals surface area contributed by atoms with Crippen LogP contribution in [-0.4, -0.2) is 61.0 Å². The molecule has 4 aromatic rings. The molecule has 3 aromatic carbocycles. The maximum absolute atomic E-state index is 13.7.